The molecule has 2 aromatic carbocycles. The number of rotatable bonds is 15. The van der Waals surface area contributed by atoms with Crippen LogP contribution in [0.25, 0.3) is 0 Å². The Kier molecular flexibility index (Phi) is 15.0. The Morgan fingerprint density at radius 2 is 1.52 bits per heavy atom. The van der Waals surface area contributed by atoms with Crippen molar-refractivity contribution in [3.05, 3.63) is 67.6 Å². The normalized spacial score (nSPS) is 18.5. The van der Waals surface area contributed by atoms with Crippen molar-refractivity contribution in [3.63, 3.8) is 0 Å². The van der Waals surface area contributed by atoms with Gasteiger partial charge in [0.15, 0.2) is 0 Å². The lowest BCUT2D eigenvalue weighted by Crippen LogP contribution is -2.65. The second-order valence-corrected chi connectivity index (χ2v) is 13.6. The Morgan fingerprint density at radius 3 is 2.18 bits per heavy atom. The van der Waals surface area contributed by atoms with E-state index in [2.05, 4.69) is 19.2 Å². The van der Waals surface area contributed by atoms with Gasteiger partial charge in [0, 0.05) is 38.3 Å². The minimum Gasteiger partial charge on any atom is -0.335 e. The van der Waals surface area contributed by atoms with Crippen LogP contribution in [0.1, 0.15) is 50.7 Å². The van der Waals surface area contributed by atoms with Gasteiger partial charge in [-0.15, -0.1) is 0 Å². The van der Waals surface area contributed by atoms with Gasteiger partial charge in [0.05, 0.1) is 32.2 Å². The van der Waals surface area contributed by atoms with Crippen LogP contribution in [0, 0.1) is 5.92 Å². The fourth-order valence-electron chi connectivity index (χ4n) is 5.80. The molecule has 12 heteroatoms. The van der Waals surface area contributed by atoms with Gasteiger partial charge in [0.2, 0.25) is 11.8 Å². The van der Waals surface area contributed by atoms with E-state index in [1.807, 2.05) is 21.9 Å². The molecule has 244 valence electrons. The summed E-state index contributed by atoms with van der Waals surface area (Å²) in [6.45, 7) is 7.15. The summed E-state index contributed by atoms with van der Waals surface area (Å²) >= 11 is 24.9. The Balaban J connectivity index is 1.82. The van der Waals surface area contributed by atoms with Gasteiger partial charge in [-0.2, -0.15) is 0 Å². The highest BCUT2D eigenvalue weighted by molar-refractivity contribution is 6.42. The van der Waals surface area contributed by atoms with Crippen LogP contribution in [0.4, 0.5) is 0 Å². The monoisotopic (exact) mass is 686 g/mol. The number of piperazine rings is 1. The van der Waals surface area contributed by atoms with Crippen molar-refractivity contribution in [2.24, 2.45) is 23.1 Å². The summed E-state index contributed by atoms with van der Waals surface area (Å²) < 4.78 is 0. The predicted octanol–water partition coefficient (Wildman–Crippen LogP) is 4.91. The van der Waals surface area contributed by atoms with Crippen LogP contribution < -0.4 is 22.5 Å². The zero-order valence-corrected chi connectivity index (χ0v) is 28.6. The molecule has 1 heterocycles. The molecule has 2 amide bonds. The van der Waals surface area contributed by atoms with Gasteiger partial charge in [-0.05, 0) is 73.9 Å². The number of amides is 2. The Hall–Kier alpha value is -1.62. The first kappa shape index (κ1) is 36.8. The maximum Gasteiger partial charge on any atom is 0.240 e. The van der Waals surface area contributed by atoms with E-state index in [0.29, 0.717) is 52.1 Å². The first-order valence-electron chi connectivity index (χ1n) is 15.3. The molecule has 7 N–H and O–H groups in total. The topological polar surface area (TPSA) is 131 Å². The van der Waals surface area contributed by atoms with Crippen LogP contribution in [0.2, 0.25) is 20.1 Å². The number of hydrogen-bond acceptors (Lipinski definition) is 6. The van der Waals surface area contributed by atoms with E-state index < -0.39 is 12.1 Å². The summed E-state index contributed by atoms with van der Waals surface area (Å²) in [6.07, 6.45) is 3.82. The highest BCUT2D eigenvalue weighted by atomic mass is 35.5. The van der Waals surface area contributed by atoms with Gasteiger partial charge >= 0.3 is 0 Å². The molecule has 1 fully saturated rings. The van der Waals surface area contributed by atoms with E-state index in [1.165, 1.54) is 0 Å². The number of nitrogens with two attached hydrogens (primary N) is 3. The number of carbonyl (C=O) groups is 2. The molecule has 1 saturated heterocycles. The molecule has 44 heavy (non-hydrogen) atoms. The summed E-state index contributed by atoms with van der Waals surface area (Å²) in [5.41, 5.74) is 20.2. The lowest BCUT2D eigenvalue weighted by molar-refractivity contribution is -0.149. The molecule has 0 aliphatic carbocycles. The minimum atomic E-state index is -0.805. The lowest BCUT2D eigenvalue weighted by atomic mass is 9.93. The zero-order valence-electron chi connectivity index (χ0n) is 25.6. The van der Waals surface area contributed by atoms with Gasteiger partial charge in [0.25, 0.3) is 0 Å². The Bertz CT molecular complexity index is 1250. The molecular weight excluding hydrogens is 642 g/mol. The number of hydrogen-bond donors (Lipinski definition) is 4. The van der Waals surface area contributed by atoms with Crippen LogP contribution in [-0.4, -0.2) is 78.5 Å². The molecule has 0 spiro atoms. The second kappa shape index (κ2) is 17.9. The number of carbonyl (C=O) groups excluding carboxylic acids is 2. The molecule has 2 unspecified atom stereocenters. The van der Waals surface area contributed by atoms with E-state index in [4.69, 9.17) is 63.6 Å². The van der Waals surface area contributed by atoms with Crippen LogP contribution in [0.3, 0.4) is 0 Å². The molecule has 1 aliphatic rings. The van der Waals surface area contributed by atoms with Crippen molar-refractivity contribution in [2.75, 3.05) is 32.7 Å². The summed E-state index contributed by atoms with van der Waals surface area (Å²) in [5, 5.41) is 5.01. The van der Waals surface area contributed by atoms with Gasteiger partial charge in [-0.3, -0.25) is 9.59 Å². The average molecular weight is 689 g/mol. The predicted molar refractivity (Wildman–Crippen MR) is 183 cm³/mol. The average Bonchev–Trinajstić information content (AvgIpc) is 2.98. The molecule has 0 bridgehead atoms. The van der Waals surface area contributed by atoms with Crippen molar-refractivity contribution in [2.45, 2.75) is 76.5 Å². The maximum atomic E-state index is 14.0. The van der Waals surface area contributed by atoms with Crippen LogP contribution >= 0.6 is 46.4 Å². The van der Waals surface area contributed by atoms with E-state index in [9.17, 15) is 9.59 Å². The second-order valence-electron chi connectivity index (χ2n) is 12.0. The lowest BCUT2D eigenvalue weighted by Gasteiger charge is -2.48. The van der Waals surface area contributed by atoms with Crippen LogP contribution in [0.5, 0.6) is 0 Å². The third-order valence-electron chi connectivity index (χ3n) is 8.01. The minimum absolute atomic E-state index is 0.141. The number of benzene rings is 2. The van der Waals surface area contributed by atoms with Crippen molar-refractivity contribution in [3.8, 4) is 0 Å². The molecule has 3 rings (SSSR count). The molecule has 0 aromatic heterocycles. The van der Waals surface area contributed by atoms with E-state index in [1.54, 1.807) is 24.3 Å². The standard InChI is InChI=1S/C32H46Cl4N6O2/c1-20(2)14-24-19-41(31(43)28(38)16-21-9-10-25(33)27(35)15-21)23(7-3-4-12-40-13-11-37)18-42(24)32(44)29(39)17-22-6-5-8-26(34)30(22)36/h5-6,8-10,15,20,23-24,28-29,40H,3-4,7,11-14,16-19,37-39H2,1-2H3/t23-,24+,28?,29?/m0/s1. The maximum absolute atomic E-state index is 14.0. The van der Waals surface area contributed by atoms with E-state index >= 15 is 0 Å². The van der Waals surface area contributed by atoms with Gasteiger partial charge in [0.1, 0.15) is 0 Å². The fourth-order valence-corrected chi connectivity index (χ4v) is 6.52. The van der Waals surface area contributed by atoms with Gasteiger partial charge < -0.3 is 32.3 Å². The summed E-state index contributed by atoms with van der Waals surface area (Å²) in [7, 11) is 0. The largest absolute Gasteiger partial charge is 0.335 e. The zero-order chi connectivity index (χ0) is 32.4. The fraction of sp³-hybridized carbons (Fsp3) is 0.562. The summed E-state index contributed by atoms with van der Waals surface area (Å²) in [5.74, 6) is -0.00685. The number of halogens is 4. The number of unbranched alkanes of at least 4 members (excludes halogenated alkanes) is 1. The third kappa shape index (κ3) is 10.5. The summed E-state index contributed by atoms with van der Waals surface area (Å²) in [6, 6.07) is 8.65. The molecule has 0 radical (unpaired) electrons. The summed E-state index contributed by atoms with van der Waals surface area (Å²) in [4.78, 5) is 31.7. The molecule has 2 aromatic rings. The van der Waals surface area contributed by atoms with Crippen molar-refractivity contribution < 1.29 is 9.59 Å². The SMILES string of the molecule is CC(C)C[C@@H]1CN(C(=O)C(N)Cc2ccc(Cl)c(Cl)c2)[C@@H](CCCCNCCN)CN1C(=O)C(N)Cc1cccc(Cl)c1Cl. The number of nitrogens with zero attached hydrogens (tertiary/aromatic N) is 2. The Morgan fingerprint density at radius 1 is 0.864 bits per heavy atom. The van der Waals surface area contributed by atoms with Crippen LogP contribution in [0.15, 0.2) is 36.4 Å². The molecule has 1 aliphatic heterocycles. The quantitative estimate of drug-likeness (QED) is 0.197. The smallest absolute Gasteiger partial charge is 0.240 e. The van der Waals surface area contributed by atoms with E-state index in [-0.39, 0.29) is 30.3 Å². The van der Waals surface area contributed by atoms with Crippen molar-refractivity contribution >= 4 is 58.2 Å². The van der Waals surface area contributed by atoms with Crippen LogP contribution in [-0.2, 0) is 22.4 Å². The van der Waals surface area contributed by atoms with Gasteiger partial charge in [-0.25, -0.2) is 0 Å². The molecule has 0 saturated carbocycles. The molecule has 8 nitrogen and oxygen atoms in total. The van der Waals surface area contributed by atoms with Crippen molar-refractivity contribution in [1.29, 1.82) is 0 Å². The van der Waals surface area contributed by atoms with Gasteiger partial charge in [-0.1, -0.05) is 84.9 Å². The van der Waals surface area contributed by atoms with E-state index in [0.717, 1.165) is 49.9 Å². The first-order chi connectivity index (χ1) is 20.9. The first-order valence-corrected chi connectivity index (χ1v) is 16.8. The highest BCUT2D eigenvalue weighted by Gasteiger charge is 2.41. The Labute approximate surface area is 281 Å². The number of nitrogens with one attached hydrogen (secondary N) is 1. The third-order valence-corrected chi connectivity index (χ3v) is 9.61. The molecule has 4 atom stereocenters. The molecular formula is C32H46Cl4N6O2. The highest BCUT2D eigenvalue weighted by Crippen LogP contribution is 2.29. The van der Waals surface area contributed by atoms with Crippen molar-refractivity contribution in [1.82, 2.24) is 15.1 Å².